The molecule has 0 saturated heterocycles. The van der Waals surface area contributed by atoms with Crippen LogP contribution in [0.15, 0.2) is 0 Å². The number of nitrogen functional groups attached to an aromatic ring is 3. The molecular weight excluding hydrogens is 323 g/mol. The average Bonchev–Trinajstić information content (AvgIpc) is 2.03. The number of carbonyl (C=O) groups excluding carboxylic acids is 1. The van der Waals surface area contributed by atoms with E-state index in [1.165, 1.54) is 0 Å². The van der Waals surface area contributed by atoms with Crippen molar-refractivity contribution in [2.45, 2.75) is 0 Å². The monoisotopic (exact) mass is 332 g/mol. The minimum absolute atomic E-state index is 0.0417. The molecule has 15 heavy (non-hydrogen) atoms. The Kier molecular flexibility index (Phi) is 9.95. The Balaban J connectivity index is 0. The van der Waals surface area contributed by atoms with Crippen molar-refractivity contribution in [2.24, 2.45) is 0 Å². The normalized spacial score (nSPS) is 8.27. The molecule has 1 aromatic heterocycles. The fraction of sp³-hybridized carbons (Fsp3) is 0. The SMILES string of the molecule is C=O.Nc1nc(N)nc(N)n1.[O-][I+2]([O-])O. The van der Waals surface area contributed by atoms with Gasteiger partial charge in [-0.3, -0.25) is 0 Å². The standard InChI is InChI=1S/C3H6N6.CH2O.HIO3/c4-1-7-2(5)9-3(6)8-1;1-2;2-1(3)4/h(H6,4,5,6,7,8,9);1H2;2H. The van der Waals surface area contributed by atoms with E-state index in [9.17, 15) is 0 Å². The molecule has 86 valence electrons. The Morgan fingerprint density at radius 2 is 1.13 bits per heavy atom. The van der Waals surface area contributed by atoms with E-state index in [1.807, 2.05) is 6.79 Å². The van der Waals surface area contributed by atoms with E-state index < -0.39 is 21.1 Å². The van der Waals surface area contributed by atoms with Gasteiger partial charge in [0.05, 0.1) is 0 Å². The highest BCUT2D eigenvalue weighted by Crippen LogP contribution is 1.97. The smallest absolute Gasteiger partial charge is 0.396 e. The van der Waals surface area contributed by atoms with Crippen LogP contribution in [0.2, 0.25) is 0 Å². The third-order valence-electron chi connectivity index (χ3n) is 0.687. The predicted molar refractivity (Wildman–Crippen MR) is 42.4 cm³/mol. The lowest BCUT2D eigenvalue weighted by Gasteiger charge is -1.93. The Bertz CT molecular complexity index is 233. The van der Waals surface area contributed by atoms with E-state index in [0.717, 1.165) is 0 Å². The van der Waals surface area contributed by atoms with E-state index in [4.69, 9.17) is 32.3 Å². The van der Waals surface area contributed by atoms with Crippen molar-refractivity contribution in [3.63, 3.8) is 0 Å². The van der Waals surface area contributed by atoms with E-state index in [1.54, 1.807) is 0 Å². The number of carbonyl (C=O) groups is 1. The first-order valence-corrected chi connectivity index (χ1v) is 5.70. The molecule has 0 aromatic carbocycles. The van der Waals surface area contributed by atoms with Gasteiger partial charge in [0.25, 0.3) is 0 Å². The summed E-state index contributed by atoms with van der Waals surface area (Å²) in [6.45, 7) is 2.00. The van der Waals surface area contributed by atoms with E-state index in [2.05, 4.69) is 15.0 Å². The topological polar surface area (TPSA) is 200 Å². The van der Waals surface area contributed by atoms with Gasteiger partial charge in [-0.15, -0.1) is 0 Å². The van der Waals surface area contributed by atoms with Crippen molar-refractivity contribution in [2.75, 3.05) is 17.2 Å². The Hall–Kier alpha value is -1.31. The second kappa shape index (κ2) is 9.25. The van der Waals surface area contributed by atoms with Gasteiger partial charge in [0.2, 0.25) is 17.8 Å². The molecule has 0 amide bonds. The predicted octanol–water partition coefficient (Wildman–Crippen LogP) is -7.50. The number of aromatic nitrogens is 3. The van der Waals surface area contributed by atoms with Crippen LogP contribution in [0.3, 0.4) is 0 Å². The van der Waals surface area contributed by atoms with Crippen molar-refractivity contribution < 1.29 is 36.2 Å². The first kappa shape index (κ1) is 16.1. The quantitative estimate of drug-likeness (QED) is 0.331. The Labute approximate surface area is 93.2 Å². The summed E-state index contributed by atoms with van der Waals surface area (Å²) in [7, 11) is 0. The Morgan fingerprint density at radius 3 is 1.27 bits per heavy atom. The summed E-state index contributed by atoms with van der Waals surface area (Å²) >= 11 is -3.76. The number of anilines is 3. The van der Waals surface area contributed by atoms with Gasteiger partial charge in [-0.2, -0.15) is 15.0 Å². The number of nitrogens with zero attached hydrogens (tertiary/aromatic N) is 3. The summed E-state index contributed by atoms with van der Waals surface area (Å²) in [6.07, 6.45) is 0. The molecule has 0 unspecified atom stereocenters. The highest BCUT2D eigenvalue weighted by atomic mass is 127. The molecule has 0 fully saturated rings. The van der Waals surface area contributed by atoms with Crippen molar-refractivity contribution in [3.05, 3.63) is 0 Å². The van der Waals surface area contributed by atoms with Gasteiger partial charge in [-0.05, 0) is 3.44 Å². The van der Waals surface area contributed by atoms with Crippen LogP contribution >= 0.6 is 0 Å². The van der Waals surface area contributed by atoms with Crippen LogP contribution in [-0.2, 0) is 4.79 Å². The molecular formula is C4H9IN6O4. The third kappa shape index (κ3) is 12.7. The first-order valence-electron chi connectivity index (χ1n) is 2.97. The highest BCUT2D eigenvalue weighted by Gasteiger charge is 1.93. The summed E-state index contributed by atoms with van der Waals surface area (Å²) in [5.41, 5.74) is 15.4. The van der Waals surface area contributed by atoms with E-state index >= 15 is 0 Å². The maximum absolute atomic E-state index is 8.68. The van der Waals surface area contributed by atoms with Gasteiger partial charge in [0.1, 0.15) is 6.79 Å². The molecule has 0 aliphatic rings. The number of hydrogen-bond donors (Lipinski definition) is 4. The summed E-state index contributed by atoms with van der Waals surface area (Å²) in [5, 5.41) is 0. The summed E-state index contributed by atoms with van der Waals surface area (Å²) in [4.78, 5) is 18.5. The van der Waals surface area contributed by atoms with E-state index in [-0.39, 0.29) is 17.8 Å². The molecule has 0 aliphatic heterocycles. The molecule has 0 saturated carbocycles. The van der Waals surface area contributed by atoms with Gasteiger partial charge in [0, 0.05) is 0 Å². The van der Waals surface area contributed by atoms with E-state index in [0.29, 0.717) is 0 Å². The van der Waals surface area contributed by atoms with Crippen molar-refractivity contribution in [1.82, 2.24) is 15.0 Å². The fourth-order valence-corrected chi connectivity index (χ4v) is 0.427. The minimum Gasteiger partial charge on any atom is -0.396 e. The lowest BCUT2D eigenvalue weighted by molar-refractivity contribution is -1.63. The molecule has 7 N–H and O–H groups in total. The molecule has 0 aliphatic carbocycles. The number of halogens is 1. The lowest BCUT2D eigenvalue weighted by Crippen LogP contribution is -3.98. The van der Waals surface area contributed by atoms with Gasteiger partial charge in [-0.1, -0.05) is 0 Å². The molecule has 0 bridgehead atoms. The highest BCUT2D eigenvalue weighted by molar-refractivity contribution is 5.33. The minimum atomic E-state index is -3.76. The molecule has 1 aromatic rings. The van der Waals surface area contributed by atoms with Gasteiger partial charge >= 0.3 is 21.1 Å². The van der Waals surface area contributed by atoms with Crippen LogP contribution < -0.4 is 45.1 Å². The zero-order valence-electron chi connectivity index (χ0n) is 7.33. The van der Waals surface area contributed by atoms with Crippen LogP contribution in [0.5, 0.6) is 0 Å². The zero-order valence-corrected chi connectivity index (χ0v) is 9.49. The molecule has 11 heteroatoms. The molecule has 1 rings (SSSR count). The number of rotatable bonds is 0. The molecule has 0 radical (unpaired) electrons. The van der Waals surface area contributed by atoms with Gasteiger partial charge in [-0.25, -0.2) is 0 Å². The second-order valence-corrected chi connectivity index (χ2v) is 2.76. The Morgan fingerprint density at radius 1 is 1.00 bits per heavy atom. The maximum atomic E-state index is 8.68. The second-order valence-electron chi connectivity index (χ2n) is 1.61. The van der Waals surface area contributed by atoms with Crippen LogP contribution in [0.1, 0.15) is 0 Å². The van der Waals surface area contributed by atoms with Gasteiger partial charge in [0.15, 0.2) is 0 Å². The maximum Gasteiger partial charge on any atom is 0.503 e. The van der Waals surface area contributed by atoms with Crippen molar-refractivity contribution >= 4 is 24.6 Å². The summed E-state index contributed by atoms with van der Waals surface area (Å²) in [5.74, 6) is 0.125. The van der Waals surface area contributed by atoms with Crippen LogP contribution in [0.4, 0.5) is 17.8 Å². The summed E-state index contributed by atoms with van der Waals surface area (Å²) in [6, 6.07) is 0. The third-order valence-corrected chi connectivity index (χ3v) is 0.687. The molecule has 0 atom stereocenters. The number of nitrogens with two attached hydrogens (primary N) is 3. The largest absolute Gasteiger partial charge is 0.503 e. The fourth-order valence-electron chi connectivity index (χ4n) is 0.427. The molecule has 1 heterocycles. The zero-order chi connectivity index (χ0) is 12.4. The molecule has 10 nitrogen and oxygen atoms in total. The van der Waals surface area contributed by atoms with Crippen molar-refractivity contribution in [1.29, 1.82) is 0 Å². The van der Waals surface area contributed by atoms with Crippen LogP contribution in [0.25, 0.3) is 0 Å². The van der Waals surface area contributed by atoms with Crippen LogP contribution in [0, 0.1) is 0 Å². The van der Waals surface area contributed by atoms with Crippen molar-refractivity contribution in [3.8, 4) is 0 Å². The first-order chi connectivity index (χ1) is 6.91. The summed E-state index contributed by atoms with van der Waals surface area (Å²) < 4.78 is 24.5. The average molecular weight is 332 g/mol. The van der Waals surface area contributed by atoms with Gasteiger partial charge < -0.3 is 28.9 Å². The lowest BCUT2D eigenvalue weighted by atomic mass is 10.9. The number of hydrogen-bond acceptors (Lipinski definition) is 10. The molecule has 0 spiro atoms. The van der Waals surface area contributed by atoms with Crippen LogP contribution in [-0.4, -0.2) is 25.2 Å².